The zero-order chi connectivity index (χ0) is 26.9. The third-order valence-electron chi connectivity index (χ3n) is 6.34. The van der Waals surface area contributed by atoms with E-state index in [1.165, 1.54) is 25.2 Å². The Balaban J connectivity index is 1.99. The van der Waals surface area contributed by atoms with Crippen LogP contribution in [0.25, 0.3) is 5.76 Å². The van der Waals surface area contributed by atoms with E-state index < -0.39 is 29.5 Å². The number of anilines is 1. The maximum absolute atomic E-state index is 13.5. The van der Waals surface area contributed by atoms with Crippen molar-refractivity contribution in [1.29, 1.82) is 0 Å². The molecule has 1 amide bonds. The number of carbonyl (C=O) groups excluding carboxylic acids is 3. The van der Waals surface area contributed by atoms with Gasteiger partial charge >= 0.3 is 5.97 Å². The van der Waals surface area contributed by atoms with Crippen LogP contribution in [-0.2, 0) is 20.7 Å². The smallest absolute Gasteiger partial charge is 0.337 e. The number of amides is 1. The van der Waals surface area contributed by atoms with E-state index in [2.05, 4.69) is 0 Å². The molecule has 0 spiro atoms. The SMILES string of the molecule is CCc1ccc(C2/C(=C(\O)c3cc(C)cc(Cl)c3OC)C(=O)C(=O)N2c2cccc(C(=O)OC)c2)cc1. The second-order valence-electron chi connectivity index (χ2n) is 8.63. The highest BCUT2D eigenvalue weighted by molar-refractivity contribution is 6.51. The van der Waals surface area contributed by atoms with Crippen LogP contribution in [0.4, 0.5) is 5.69 Å². The van der Waals surface area contributed by atoms with Crippen LogP contribution in [-0.4, -0.2) is 37.0 Å². The molecule has 1 fully saturated rings. The maximum atomic E-state index is 13.5. The van der Waals surface area contributed by atoms with E-state index in [0.717, 1.165) is 17.5 Å². The third kappa shape index (κ3) is 4.70. The van der Waals surface area contributed by atoms with Gasteiger partial charge in [-0.3, -0.25) is 14.5 Å². The molecule has 1 saturated heterocycles. The molecule has 3 aromatic rings. The lowest BCUT2D eigenvalue weighted by molar-refractivity contribution is -0.132. The number of Topliss-reactive ketones (excluding diaryl/α,β-unsaturated/α-hetero) is 1. The highest BCUT2D eigenvalue weighted by Gasteiger charge is 2.47. The van der Waals surface area contributed by atoms with Gasteiger partial charge < -0.3 is 14.6 Å². The molecule has 0 radical (unpaired) electrons. The van der Waals surface area contributed by atoms with Crippen molar-refractivity contribution in [1.82, 2.24) is 0 Å². The lowest BCUT2D eigenvalue weighted by atomic mass is 9.93. The van der Waals surface area contributed by atoms with Crippen molar-refractivity contribution in [2.45, 2.75) is 26.3 Å². The van der Waals surface area contributed by atoms with Gasteiger partial charge in [0.1, 0.15) is 11.5 Å². The molecule has 3 aromatic carbocycles. The van der Waals surface area contributed by atoms with Crippen LogP contribution in [0.15, 0.2) is 66.2 Å². The van der Waals surface area contributed by atoms with Crippen LogP contribution in [0.5, 0.6) is 5.75 Å². The number of rotatable bonds is 6. The minimum Gasteiger partial charge on any atom is -0.507 e. The van der Waals surface area contributed by atoms with Gasteiger partial charge in [-0.05, 0) is 60.4 Å². The highest BCUT2D eigenvalue weighted by atomic mass is 35.5. The van der Waals surface area contributed by atoms with E-state index in [9.17, 15) is 19.5 Å². The molecule has 1 N–H and O–H groups in total. The molecule has 190 valence electrons. The molecule has 1 unspecified atom stereocenters. The summed E-state index contributed by atoms with van der Waals surface area (Å²) in [4.78, 5) is 40.4. The monoisotopic (exact) mass is 519 g/mol. The molecule has 37 heavy (non-hydrogen) atoms. The van der Waals surface area contributed by atoms with Gasteiger partial charge in [-0.15, -0.1) is 0 Å². The average Bonchev–Trinajstić information content (AvgIpc) is 3.17. The number of nitrogens with zero attached hydrogens (tertiary/aromatic N) is 1. The summed E-state index contributed by atoms with van der Waals surface area (Å²) in [6.45, 7) is 3.81. The van der Waals surface area contributed by atoms with Gasteiger partial charge in [0.25, 0.3) is 11.7 Å². The quantitative estimate of drug-likeness (QED) is 0.196. The zero-order valence-corrected chi connectivity index (χ0v) is 21.6. The van der Waals surface area contributed by atoms with Gasteiger partial charge in [0.05, 0.1) is 42.0 Å². The molecular formula is C29H26ClNO6. The number of ketones is 1. The number of halogens is 1. The van der Waals surface area contributed by atoms with E-state index >= 15 is 0 Å². The van der Waals surface area contributed by atoms with Crippen molar-refractivity contribution in [2.75, 3.05) is 19.1 Å². The topological polar surface area (TPSA) is 93.1 Å². The summed E-state index contributed by atoms with van der Waals surface area (Å²) < 4.78 is 10.2. The van der Waals surface area contributed by atoms with Crippen molar-refractivity contribution >= 4 is 40.7 Å². The second kappa shape index (κ2) is 10.5. The first-order valence-corrected chi connectivity index (χ1v) is 12.0. The fourth-order valence-electron chi connectivity index (χ4n) is 4.51. The molecule has 8 heteroatoms. The van der Waals surface area contributed by atoms with Crippen LogP contribution in [0.2, 0.25) is 5.02 Å². The molecule has 7 nitrogen and oxygen atoms in total. The zero-order valence-electron chi connectivity index (χ0n) is 20.9. The summed E-state index contributed by atoms with van der Waals surface area (Å²) in [5, 5.41) is 11.8. The number of hydrogen-bond donors (Lipinski definition) is 1. The van der Waals surface area contributed by atoms with Gasteiger partial charge in [-0.25, -0.2) is 4.79 Å². The van der Waals surface area contributed by atoms with Crippen LogP contribution < -0.4 is 9.64 Å². The van der Waals surface area contributed by atoms with E-state index in [1.807, 2.05) is 31.2 Å². The number of methoxy groups -OCH3 is 2. The number of aliphatic hydroxyl groups excluding tert-OH is 1. The van der Waals surface area contributed by atoms with Crippen molar-refractivity contribution < 1.29 is 29.0 Å². The Kier molecular flexibility index (Phi) is 7.36. The standard InChI is InChI=1S/C29H26ClNO6/c1-5-17-9-11-18(12-10-17)24-23(25(32)21-13-16(2)14-22(30)27(21)36-3)26(33)28(34)31(24)20-8-6-7-19(15-20)29(35)37-4/h6-15,24,32H,5H2,1-4H3/b25-23+. The minimum atomic E-state index is -0.970. The fraction of sp³-hybridized carbons (Fsp3) is 0.207. The van der Waals surface area contributed by atoms with Gasteiger partial charge in [0.2, 0.25) is 0 Å². The van der Waals surface area contributed by atoms with Gasteiger partial charge in [-0.1, -0.05) is 48.9 Å². The first-order valence-electron chi connectivity index (χ1n) is 11.6. The number of carbonyl (C=O) groups is 3. The lowest BCUT2D eigenvalue weighted by Gasteiger charge is -2.26. The Bertz CT molecular complexity index is 1430. The Morgan fingerprint density at radius 2 is 1.76 bits per heavy atom. The van der Waals surface area contributed by atoms with Crippen LogP contribution >= 0.6 is 11.6 Å². The molecule has 1 heterocycles. The van der Waals surface area contributed by atoms with Crippen molar-refractivity contribution in [3.05, 3.63) is 99.1 Å². The number of ether oxygens (including phenoxy) is 2. The Morgan fingerprint density at radius 3 is 2.38 bits per heavy atom. The van der Waals surface area contributed by atoms with Crippen LogP contribution in [0, 0.1) is 6.92 Å². The Morgan fingerprint density at radius 1 is 1.05 bits per heavy atom. The molecule has 0 aliphatic carbocycles. The van der Waals surface area contributed by atoms with E-state index in [1.54, 1.807) is 37.3 Å². The molecule has 1 aliphatic rings. The van der Waals surface area contributed by atoms with Crippen LogP contribution in [0.1, 0.15) is 45.6 Å². The lowest BCUT2D eigenvalue weighted by Crippen LogP contribution is -2.29. The molecule has 0 saturated carbocycles. The molecule has 4 rings (SSSR count). The van der Waals surface area contributed by atoms with Crippen molar-refractivity contribution in [3.63, 3.8) is 0 Å². The number of hydrogen-bond acceptors (Lipinski definition) is 6. The van der Waals surface area contributed by atoms with E-state index in [-0.39, 0.29) is 27.5 Å². The first-order chi connectivity index (χ1) is 17.7. The van der Waals surface area contributed by atoms with Crippen molar-refractivity contribution in [3.8, 4) is 5.75 Å². The predicted molar refractivity (Wildman–Crippen MR) is 141 cm³/mol. The van der Waals surface area contributed by atoms with Gasteiger partial charge in [0, 0.05) is 5.69 Å². The number of esters is 1. The Labute approximate surface area is 219 Å². The summed E-state index contributed by atoms with van der Waals surface area (Å²) in [6.07, 6.45) is 0.806. The largest absolute Gasteiger partial charge is 0.507 e. The molecule has 0 aromatic heterocycles. The Hall–Kier alpha value is -4.10. The maximum Gasteiger partial charge on any atom is 0.337 e. The molecule has 1 aliphatic heterocycles. The van der Waals surface area contributed by atoms with Crippen LogP contribution in [0.3, 0.4) is 0 Å². The number of aryl methyl sites for hydroxylation is 2. The highest BCUT2D eigenvalue weighted by Crippen LogP contribution is 2.44. The molecule has 1 atom stereocenters. The van der Waals surface area contributed by atoms with Gasteiger partial charge in [0.15, 0.2) is 0 Å². The number of aliphatic hydroxyl groups is 1. The summed E-state index contributed by atoms with van der Waals surface area (Å²) >= 11 is 6.36. The van der Waals surface area contributed by atoms with E-state index in [0.29, 0.717) is 11.3 Å². The average molecular weight is 520 g/mol. The molecular weight excluding hydrogens is 494 g/mol. The summed E-state index contributed by atoms with van der Waals surface area (Å²) in [7, 11) is 2.67. The summed E-state index contributed by atoms with van der Waals surface area (Å²) in [6, 6.07) is 16.1. The number of benzene rings is 3. The van der Waals surface area contributed by atoms with Gasteiger partial charge in [-0.2, -0.15) is 0 Å². The fourth-order valence-corrected chi connectivity index (χ4v) is 4.86. The third-order valence-corrected chi connectivity index (χ3v) is 6.62. The summed E-state index contributed by atoms with van der Waals surface area (Å²) in [5.41, 5.74) is 3.02. The minimum absolute atomic E-state index is 0.113. The second-order valence-corrected chi connectivity index (χ2v) is 9.04. The first kappa shape index (κ1) is 26.0. The predicted octanol–water partition coefficient (Wildman–Crippen LogP) is 5.63. The normalized spacial score (nSPS) is 16.7. The van der Waals surface area contributed by atoms with Crippen molar-refractivity contribution in [2.24, 2.45) is 0 Å². The molecule has 0 bridgehead atoms. The summed E-state index contributed by atoms with van der Waals surface area (Å²) in [5.74, 6) is -2.52. The van der Waals surface area contributed by atoms with E-state index in [4.69, 9.17) is 21.1 Å².